The van der Waals surface area contributed by atoms with Crippen LogP contribution in [0.3, 0.4) is 0 Å². The second kappa shape index (κ2) is 8.98. The van der Waals surface area contributed by atoms with Gasteiger partial charge in [0.25, 0.3) is 11.8 Å². The van der Waals surface area contributed by atoms with Crippen LogP contribution in [0.2, 0.25) is 0 Å². The minimum absolute atomic E-state index is 0.130. The molecule has 166 valence electrons. The molecule has 3 heterocycles. The summed E-state index contributed by atoms with van der Waals surface area (Å²) in [5, 5.41) is 7.91. The van der Waals surface area contributed by atoms with Gasteiger partial charge in [-0.1, -0.05) is 37.3 Å². The summed E-state index contributed by atoms with van der Waals surface area (Å²) in [5.41, 5.74) is 0.233. The lowest BCUT2D eigenvalue weighted by molar-refractivity contribution is -0.133. The highest BCUT2D eigenvalue weighted by molar-refractivity contribution is 5.92. The molecule has 0 N–H and O–H groups in total. The molecule has 2 saturated heterocycles. The summed E-state index contributed by atoms with van der Waals surface area (Å²) in [4.78, 5) is 28.2. The molecule has 0 bridgehead atoms. The molecule has 7 nitrogen and oxygen atoms in total. The fraction of sp³-hybridized carbons (Fsp3) is 0.810. The Morgan fingerprint density at radius 3 is 2.57 bits per heavy atom. The Bertz CT molecular complexity index is 756. The van der Waals surface area contributed by atoms with Gasteiger partial charge in [-0.3, -0.25) is 9.59 Å². The van der Waals surface area contributed by atoms with Crippen molar-refractivity contribution in [3.8, 4) is 0 Å². The first-order chi connectivity index (χ1) is 14.4. The summed E-state index contributed by atoms with van der Waals surface area (Å²) in [6, 6.07) is -0.629. The van der Waals surface area contributed by atoms with E-state index in [1.54, 1.807) is 4.90 Å². The zero-order valence-electron chi connectivity index (χ0n) is 17.4. The first kappa shape index (κ1) is 21.2. The molecule has 3 aliphatic rings. The second-order valence-corrected chi connectivity index (χ2v) is 9.10. The first-order valence-electron chi connectivity index (χ1n) is 11.3. The minimum atomic E-state index is -2.89. The zero-order valence-corrected chi connectivity index (χ0v) is 17.4. The van der Waals surface area contributed by atoms with Crippen LogP contribution in [0.4, 0.5) is 8.78 Å². The van der Waals surface area contributed by atoms with Gasteiger partial charge in [-0.25, -0.2) is 13.5 Å². The van der Waals surface area contributed by atoms with Gasteiger partial charge in [-0.05, 0) is 25.2 Å². The summed E-state index contributed by atoms with van der Waals surface area (Å²) < 4.78 is 29.7. The topological polar surface area (TPSA) is 71.3 Å². The van der Waals surface area contributed by atoms with Crippen molar-refractivity contribution >= 4 is 11.8 Å². The van der Waals surface area contributed by atoms with Crippen LogP contribution >= 0.6 is 0 Å². The smallest absolute Gasteiger partial charge is 0.276 e. The molecule has 2 amide bonds. The van der Waals surface area contributed by atoms with E-state index >= 15 is 0 Å². The van der Waals surface area contributed by atoms with Crippen LogP contribution in [-0.4, -0.2) is 68.2 Å². The summed E-state index contributed by atoms with van der Waals surface area (Å²) in [6.07, 6.45) is 10.1. The Morgan fingerprint density at radius 1 is 1.10 bits per heavy atom. The Hall–Kier alpha value is -2.06. The van der Waals surface area contributed by atoms with Gasteiger partial charge in [0.15, 0.2) is 5.69 Å². The number of halogens is 2. The highest BCUT2D eigenvalue weighted by Crippen LogP contribution is 2.34. The first-order valence-corrected chi connectivity index (χ1v) is 11.3. The summed E-state index contributed by atoms with van der Waals surface area (Å²) in [6.45, 7) is 1.02. The number of alkyl halides is 2. The van der Waals surface area contributed by atoms with Crippen molar-refractivity contribution in [3.63, 3.8) is 0 Å². The van der Waals surface area contributed by atoms with Gasteiger partial charge in [0.2, 0.25) is 5.91 Å². The van der Waals surface area contributed by atoms with E-state index in [9.17, 15) is 18.4 Å². The molecule has 0 spiro atoms. The standard InChI is InChI=1S/C21H31F2N5O2/c22-21(23)12-17(28(15-21)19(29)9-8-16-6-2-1-3-7-16)13-27-14-18(24-25-27)20(30)26-10-4-5-11-26/h14,16-17H,1-13,15H2. The Labute approximate surface area is 175 Å². The van der Waals surface area contributed by atoms with E-state index in [4.69, 9.17) is 0 Å². The number of amides is 2. The average Bonchev–Trinajstić information content (AvgIpc) is 3.47. The monoisotopic (exact) mass is 423 g/mol. The quantitative estimate of drug-likeness (QED) is 0.705. The lowest BCUT2D eigenvalue weighted by Gasteiger charge is -2.26. The van der Waals surface area contributed by atoms with E-state index in [1.807, 2.05) is 0 Å². The molecule has 0 aromatic carbocycles. The lowest BCUT2D eigenvalue weighted by Crippen LogP contribution is -2.39. The number of likely N-dealkylation sites (tertiary alicyclic amines) is 2. The van der Waals surface area contributed by atoms with Crippen molar-refractivity contribution in [3.05, 3.63) is 11.9 Å². The summed E-state index contributed by atoms with van der Waals surface area (Å²) in [5.74, 6) is -2.72. The molecule has 30 heavy (non-hydrogen) atoms. The van der Waals surface area contributed by atoms with Crippen LogP contribution in [0.15, 0.2) is 6.20 Å². The molecule has 1 saturated carbocycles. The lowest BCUT2D eigenvalue weighted by atomic mass is 9.86. The molecule has 0 radical (unpaired) electrons. The predicted molar refractivity (Wildman–Crippen MR) is 106 cm³/mol. The molecular formula is C21H31F2N5O2. The van der Waals surface area contributed by atoms with Gasteiger partial charge in [-0.2, -0.15) is 0 Å². The van der Waals surface area contributed by atoms with E-state index in [2.05, 4.69) is 10.3 Å². The van der Waals surface area contributed by atoms with Gasteiger partial charge in [0.05, 0.1) is 25.3 Å². The number of carbonyl (C=O) groups excluding carboxylic acids is 2. The maximum absolute atomic E-state index is 14.1. The van der Waals surface area contributed by atoms with Gasteiger partial charge in [-0.15, -0.1) is 5.10 Å². The van der Waals surface area contributed by atoms with E-state index < -0.39 is 18.5 Å². The Kier molecular flexibility index (Phi) is 6.34. The van der Waals surface area contributed by atoms with E-state index in [0.717, 1.165) is 32.1 Å². The van der Waals surface area contributed by atoms with Crippen molar-refractivity contribution in [2.75, 3.05) is 19.6 Å². The van der Waals surface area contributed by atoms with Crippen LogP contribution in [-0.2, 0) is 11.3 Å². The van der Waals surface area contributed by atoms with Gasteiger partial charge >= 0.3 is 0 Å². The number of rotatable bonds is 6. The largest absolute Gasteiger partial charge is 0.337 e. The van der Waals surface area contributed by atoms with Crippen molar-refractivity contribution in [2.24, 2.45) is 5.92 Å². The molecule has 1 aromatic heterocycles. The fourth-order valence-electron chi connectivity index (χ4n) is 5.08. The van der Waals surface area contributed by atoms with Crippen molar-refractivity contribution in [2.45, 2.75) is 82.7 Å². The number of nitrogens with zero attached hydrogens (tertiary/aromatic N) is 5. The second-order valence-electron chi connectivity index (χ2n) is 9.10. The number of aromatic nitrogens is 3. The summed E-state index contributed by atoms with van der Waals surface area (Å²) in [7, 11) is 0. The van der Waals surface area contributed by atoms with Crippen LogP contribution < -0.4 is 0 Å². The third-order valence-electron chi connectivity index (χ3n) is 6.74. The van der Waals surface area contributed by atoms with Crippen LogP contribution in [0.5, 0.6) is 0 Å². The zero-order chi connectivity index (χ0) is 21.1. The van der Waals surface area contributed by atoms with Gasteiger partial charge in [0.1, 0.15) is 0 Å². The average molecular weight is 424 g/mol. The summed E-state index contributed by atoms with van der Waals surface area (Å²) >= 11 is 0. The third kappa shape index (κ3) is 4.98. The molecule has 3 fully saturated rings. The SMILES string of the molecule is O=C(c1cn(CC2CC(F)(F)CN2C(=O)CCC2CCCCC2)nn1)N1CCCC1. The number of hydrogen-bond acceptors (Lipinski definition) is 4. The predicted octanol–water partition coefficient (Wildman–Crippen LogP) is 3.11. The van der Waals surface area contributed by atoms with Crippen molar-refractivity contribution < 1.29 is 18.4 Å². The van der Waals surface area contributed by atoms with E-state index in [-0.39, 0.29) is 30.5 Å². The fourth-order valence-corrected chi connectivity index (χ4v) is 5.08. The third-order valence-corrected chi connectivity index (χ3v) is 6.74. The molecule has 9 heteroatoms. The van der Waals surface area contributed by atoms with E-state index in [1.165, 1.54) is 35.0 Å². The van der Waals surface area contributed by atoms with E-state index in [0.29, 0.717) is 25.4 Å². The molecule has 1 aliphatic carbocycles. The van der Waals surface area contributed by atoms with Crippen LogP contribution in [0, 0.1) is 5.92 Å². The number of carbonyl (C=O) groups is 2. The molecular weight excluding hydrogens is 392 g/mol. The highest BCUT2D eigenvalue weighted by atomic mass is 19.3. The van der Waals surface area contributed by atoms with Crippen LogP contribution in [0.1, 0.15) is 74.7 Å². The van der Waals surface area contributed by atoms with Gasteiger partial charge in [0, 0.05) is 25.9 Å². The normalized spacial score (nSPS) is 24.5. The van der Waals surface area contributed by atoms with Crippen molar-refractivity contribution in [1.29, 1.82) is 0 Å². The minimum Gasteiger partial charge on any atom is -0.337 e. The van der Waals surface area contributed by atoms with Gasteiger partial charge < -0.3 is 9.80 Å². The molecule has 1 unspecified atom stereocenters. The molecule has 4 rings (SSSR count). The van der Waals surface area contributed by atoms with Crippen molar-refractivity contribution in [1.82, 2.24) is 24.8 Å². The molecule has 1 aromatic rings. The maximum Gasteiger partial charge on any atom is 0.276 e. The number of hydrogen-bond donors (Lipinski definition) is 0. The Balaban J connectivity index is 1.36. The Morgan fingerprint density at radius 2 is 1.83 bits per heavy atom. The van der Waals surface area contributed by atoms with Crippen LogP contribution in [0.25, 0.3) is 0 Å². The molecule has 1 atom stereocenters. The molecule has 2 aliphatic heterocycles. The highest BCUT2D eigenvalue weighted by Gasteiger charge is 2.47. The maximum atomic E-state index is 14.1.